The van der Waals surface area contributed by atoms with Gasteiger partial charge in [0.05, 0.1) is 6.42 Å². The molecule has 0 saturated heterocycles. The molecule has 2 aliphatic carbocycles. The molecule has 2 fully saturated rings. The smallest absolute Gasteiger partial charge is 0.303 e. The van der Waals surface area contributed by atoms with E-state index in [0.29, 0.717) is 17.4 Å². The highest BCUT2D eigenvalue weighted by molar-refractivity contribution is 5.68. The Morgan fingerprint density at radius 1 is 1.38 bits per heavy atom. The van der Waals surface area contributed by atoms with Crippen LogP contribution in [0.15, 0.2) is 0 Å². The summed E-state index contributed by atoms with van der Waals surface area (Å²) in [5.41, 5.74) is 6.50. The number of carboxylic acids is 1. The molecule has 16 heavy (non-hydrogen) atoms. The number of aliphatic carboxylic acids is 1. The predicted molar refractivity (Wildman–Crippen MR) is 63.0 cm³/mol. The number of nitrogens with two attached hydrogens (primary N) is 1. The molecule has 3 nitrogen and oxygen atoms in total. The molecule has 0 amide bonds. The predicted octanol–water partition coefficient (Wildman–Crippen LogP) is 2.40. The van der Waals surface area contributed by atoms with Crippen molar-refractivity contribution in [3.63, 3.8) is 0 Å². The van der Waals surface area contributed by atoms with E-state index in [1.165, 1.54) is 19.3 Å². The number of fused-ring (bicyclic) bond motifs is 1. The van der Waals surface area contributed by atoms with Crippen LogP contribution in [0.3, 0.4) is 0 Å². The SMILES string of the molecule is CC[C@@]12CC[C@]1(C)C[C@](CN)(CC(=O)O)C2. The van der Waals surface area contributed by atoms with Crippen LogP contribution < -0.4 is 5.73 Å². The molecule has 0 bridgehead atoms. The van der Waals surface area contributed by atoms with Crippen molar-refractivity contribution in [2.75, 3.05) is 6.54 Å². The van der Waals surface area contributed by atoms with Crippen molar-refractivity contribution in [1.82, 2.24) is 0 Å². The average molecular weight is 225 g/mol. The maximum absolute atomic E-state index is 11.0. The molecule has 2 saturated carbocycles. The highest BCUT2D eigenvalue weighted by Gasteiger charge is 2.64. The zero-order valence-corrected chi connectivity index (χ0v) is 10.4. The van der Waals surface area contributed by atoms with E-state index < -0.39 is 5.97 Å². The lowest BCUT2D eigenvalue weighted by Gasteiger charge is -2.54. The molecule has 2 rings (SSSR count). The van der Waals surface area contributed by atoms with Gasteiger partial charge in [0.1, 0.15) is 0 Å². The van der Waals surface area contributed by atoms with Crippen LogP contribution in [0.2, 0.25) is 0 Å². The first-order chi connectivity index (χ1) is 7.41. The Kier molecular flexibility index (Phi) is 2.57. The summed E-state index contributed by atoms with van der Waals surface area (Å²) < 4.78 is 0. The fraction of sp³-hybridized carbons (Fsp3) is 0.923. The summed E-state index contributed by atoms with van der Waals surface area (Å²) in [4.78, 5) is 11.0. The van der Waals surface area contributed by atoms with Gasteiger partial charge in [-0.25, -0.2) is 0 Å². The van der Waals surface area contributed by atoms with E-state index >= 15 is 0 Å². The summed E-state index contributed by atoms with van der Waals surface area (Å²) in [7, 11) is 0. The highest BCUT2D eigenvalue weighted by Crippen LogP contribution is 2.73. The average Bonchev–Trinajstić information content (AvgIpc) is 2.37. The number of hydrogen-bond donors (Lipinski definition) is 2. The van der Waals surface area contributed by atoms with Gasteiger partial charge >= 0.3 is 5.97 Å². The van der Waals surface area contributed by atoms with E-state index in [0.717, 1.165) is 12.8 Å². The highest BCUT2D eigenvalue weighted by atomic mass is 16.4. The summed E-state index contributed by atoms with van der Waals surface area (Å²) in [5.74, 6) is -0.693. The first-order valence-electron chi connectivity index (χ1n) is 6.33. The van der Waals surface area contributed by atoms with Gasteiger partial charge in [0.2, 0.25) is 0 Å². The number of carboxylic acid groups (broad SMARTS) is 1. The van der Waals surface area contributed by atoms with Crippen LogP contribution in [-0.4, -0.2) is 17.6 Å². The lowest BCUT2D eigenvalue weighted by molar-refractivity contribution is -0.139. The Labute approximate surface area is 97.4 Å². The van der Waals surface area contributed by atoms with Gasteiger partial charge in [-0.2, -0.15) is 0 Å². The van der Waals surface area contributed by atoms with Crippen molar-refractivity contribution in [2.24, 2.45) is 22.0 Å². The summed E-state index contributed by atoms with van der Waals surface area (Å²) in [6.45, 7) is 5.10. The largest absolute Gasteiger partial charge is 0.481 e. The second-order valence-electron chi connectivity index (χ2n) is 6.32. The van der Waals surface area contributed by atoms with Gasteiger partial charge in [0.15, 0.2) is 0 Å². The van der Waals surface area contributed by atoms with E-state index in [1.54, 1.807) is 0 Å². The molecule has 3 N–H and O–H groups in total. The zero-order chi connectivity index (χ0) is 12.0. The summed E-state index contributed by atoms with van der Waals surface area (Å²) in [6, 6.07) is 0. The van der Waals surface area contributed by atoms with Gasteiger partial charge in [-0.1, -0.05) is 13.8 Å². The second kappa shape index (κ2) is 3.46. The van der Waals surface area contributed by atoms with Crippen LogP contribution in [0, 0.1) is 16.2 Å². The standard InChI is InChI=1S/C13H23NO2/c1-3-13-5-4-11(13,2)7-12(8-13,9-14)6-10(15)16/h3-9,14H2,1-2H3,(H,15,16)/t11-,12-,13+/m1/s1. The van der Waals surface area contributed by atoms with Gasteiger partial charge < -0.3 is 10.8 Å². The minimum atomic E-state index is -0.693. The summed E-state index contributed by atoms with van der Waals surface area (Å²) in [5, 5.41) is 9.05. The third-order valence-corrected chi connectivity index (χ3v) is 5.55. The molecule has 0 aromatic carbocycles. The summed E-state index contributed by atoms with van der Waals surface area (Å²) >= 11 is 0. The Morgan fingerprint density at radius 3 is 2.38 bits per heavy atom. The fourth-order valence-electron chi connectivity index (χ4n) is 4.48. The molecule has 0 unspecified atom stereocenters. The van der Waals surface area contributed by atoms with Crippen molar-refractivity contribution < 1.29 is 9.90 Å². The van der Waals surface area contributed by atoms with E-state index in [9.17, 15) is 4.79 Å². The minimum Gasteiger partial charge on any atom is -0.481 e. The molecule has 0 aromatic heterocycles. The molecule has 0 spiro atoms. The topological polar surface area (TPSA) is 63.3 Å². The maximum Gasteiger partial charge on any atom is 0.303 e. The van der Waals surface area contributed by atoms with Crippen LogP contribution >= 0.6 is 0 Å². The molecule has 92 valence electrons. The quantitative estimate of drug-likeness (QED) is 0.772. The van der Waals surface area contributed by atoms with Crippen molar-refractivity contribution in [3.8, 4) is 0 Å². The molecule has 0 heterocycles. The van der Waals surface area contributed by atoms with Gasteiger partial charge in [0, 0.05) is 0 Å². The number of hydrogen-bond acceptors (Lipinski definition) is 2. The van der Waals surface area contributed by atoms with Crippen LogP contribution in [0.25, 0.3) is 0 Å². The number of carbonyl (C=O) groups is 1. The molecule has 0 aromatic rings. The van der Waals surface area contributed by atoms with E-state index in [2.05, 4.69) is 13.8 Å². The maximum atomic E-state index is 11.0. The minimum absolute atomic E-state index is 0.132. The number of rotatable bonds is 4. The van der Waals surface area contributed by atoms with Gasteiger partial charge in [-0.15, -0.1) is 0 Å². The van der Waals surface area contributed by atoms with Crippen molar-refractivity contribution >= 4 is 5.97 Å². The normalized spacial score (nSPS) is 46.2. The third kappa shape index (κ3) is 1.41. The monoisotopic (exact) mass is 225 g/mol. The Bertz CT molecular complexity index is 313. The lowest BCUT2D eigenvalue weighted by atomic mass is 9.51. The van der Waals surface area contributed by atoms with Gasteiger partial charge in [-0.05, 0) is 54.9 Å². The Hall–Kier alpha value is -0.570. The van der Waals surface area contributed by atoms with E-state index in [4.69, 9.17) is 10.8 Å². The third-order valence-electron chi connectivity index (χ3n) is 5.55. The van der Waals surface area contributed by atoms with Gasteiger partial charge in [0.25, 0.3) is 0 Å². The van der Waals surface area contributed by atoms with Crippen LogP contribution in [0.5, 0.6) is 0 Å². The van der Waals surface area contributed by atoms with Crippen molar-refractivity contribution in [1.29, 1.82) is 0 Å². The van der Waals surface area contributed by atoms with Crippen molar-refractivity contribution in [2.45, 2.75) is 52.4 Å². The first kappa shape index (κ1) is 11.9. The van der Waals surface area contributed by atoms with Gasteiger partial charge in [-0.3, -0.25) is 4.79 Å². The second-order valence-corrected chi connectivity index (χ2v) is 6.32. The van der Waals surface area contributed by atoms with E-state index in [-0.39, 0.29) is 11.8 Å². The summed E-state index contributed by atoms with van der Waals surface area (Å²) in [6.07, 6.45) is 5.97. The van der Waals surface area contributed by atoms with Crippen LogP contribution in [-0.2, 0) is 4.79 Å². The first-order valence-corrected chi connectivity index (χ1v) is 6.33. The molecule has 3 atom stereocenters. The van der Waals surface area contributed by atoms with Crippen LogP contribution in [0.1, 0.15) is 52.4 Å². The molecular formula is C13H23NO2. The lowest BCUT2D eigenvalue weighted by Crippen LogP contribution is -2.44. The fourth-order valence-corrected chi connectivity index (χ4v) is 4.48. The molecule has 3 heteroatoms. The molecule has 2 aliphatic rings. The molecule has 0 aliphatic heterocycles. The Morgan fingerprint density at radius 2 is 2.06 bits per heavy atom. The van der Waals surface area contributed by atoms with E-state index in [1.807, 2.05) is 0 Å². The zero-order valence-electron chi connectivity index (χ0n) is 10.4. The molecular weight excluding hydrogens is 202 g/mol. The van der Waals surface area contributed by atoms with Crippen LogP contribution in [0.4, 0.5) is 0 Å². The Balaban J connectivity index is 2.23. The van der Waals surface area contributed by atoms with Crippen molar-refractivity contribution in [3.05, 3.63) is 0 Å². The molecule has 0 radical (unpaired) electrons.